The van der Waals surface area contributed by atoms with E-state index in [0.717, 1.165) is 10.9 Å². The third-order valence-electron chi connectivity index (χ3n) is 4.11. The van der Waals surface area contributed by atoms with Crippen LogP contribution in [0.15, 0.2) is 36.4 Å². The summed E-state index contributed by atoms with van der Waals surface area (Å²) in [4.78, 5) is 26.4. The monoisotopic (exact) mass is 387 g/mol. The predicted molar refractivity (Wildman–Crippen MR) is 100.0 cm³/mol. The SMILES string of the molecule is O=C(Nc1cc2c(c([N+](=O)[O-])c1)OCCCO2)c1cc2cc(Cl)ccc2[nH]1. The zero-order valence-corrected chi connectivity index (χ0v) is 14.7. The number of fused-ring (bicyclic) bond motifs is 2. The molecule has 0 fully saturated rings. The van der Waals surface area contributed by atoms with Crippen molar-refractivity contribution in [1.82, 2.24) is 4.98 Å². The Morgan fingerprint density at radius 2 is 2.00 bits per heavy atom. The van der Waals surface area contributed by atoms with Crippen LogP contribution < -0.4 is 14.8 Å². The number of nitrogens with zero attached hydrogens (tertiary/aromatic N) is 1. The van der Waals surface area contributed by atoms with E-state index in [2.05, 4.69) is 10.3 Å². The second kappa shape index (κ2) is 6.81. The number of ether oxygens (including phenoxy) is 2. The van der Waals surface area contributed by atoms with Crippen molar-refractivity contribution in [3.63, 3.8) is 0 Å². The highest BCUT2D eigenvalue weighted by Gasteiger charge is 2.25. The molecular formula is C18H14ClN3O5. The van der Waals surface area contributed by atoms with Crippen molar-refractivity contribution in [1.29, 1.82) is 0 Å². The lowest BCUT2D eigenvalue weighted by Gasteiger charge is -2.11. The highest BCUT2D eigenvalue weighted by atomic mass is 35.5. The summed E-state index contributed by atoms with van der Waals surface area (Å²) in [6.07, 6.45) is 0.616. The molecule has 4 rings (SSSR count). The first-order chi connectivity index (χ1) is 13.0. The number of nitrogens with one attached hydrogen (secondary N) is 2. The molecule has 0 atom stereocenters. The molecule has 2 N–H and O–H groups in total. The summed E-state index contributed by atoms with van der Waals surface area (Å²) in [5.41, 5.74) is 1.05. The minimum atomic E-state index is -0.561. The van der Waals surface area contributed by atoms with Crippen LogP contribution in [0.1, 0.15) is 16.9 Å². The number of nitro groups is 1. The quantitative estimate of drug-likeness (QED) is 0.518. The molecule has 1 aromatic heterocycles. The highest BCUT2D eigenvalue weighted by Crippen LogP contribution is 2.41. The smallest absolute Gasteiger partial charge is 0.316 e. The molecule has 0 saturated heterocycles. The van der Waals surface area contributed by atoms with Crippen LogP contribution in [0.2, 0.25) is 5.02 Å². The van der Waals surface area contributed by atoms with Gasteiger partial charge in [0.25, 0.3) is 5.91 Å². The van der Waals surface area contributed by atoms with Crippen LogP contribution in [0, 0.1) is 10.1 Å². The van der Waals surface area contributed by atoms with E-state index in [1.54, 1.807) is 24.3 Å². The minimum absolute atomic E-state index is 0.0794. The number of rotatable bonds is 3. The van der Waals surface area contributed by atoms with Crippen LogP contribution in [0.3, 0.4) is 0 Å². The molecule has 0 spiro atoms. The fourth-order valence-corrected chi connectivity index (χ4v) is 3.07. The summed E-state index contributed by atoms with van der Waals surface area (Å²) >= 11 is 5.96. The Balaban J connectivity index is 1.66. The largest absolute Gasteiger partial charge is 0.489 e. The van der Waals surface area contributed by atoms with Crippen LogP contribution in [-0.2, 0) is 0 Å². The zero-order valence-electron chi connectivity index (χ0n) is 14.0. The van der Waals surface area contributed by atoms with E-state index in [1.807, 2.05) is 0 Å². The van der Waals surface area contributed by atoms with Crippen LogP contribution in [-0.4, -0.2) is 29.0 Å². The maximum atomic E-state index is 12.6. The van der Waals surface area contributed by atoms with Gasteiger partial charge in [-0.05, 0) is 24.3 Å². The number of nitro benzene ring substituents is 1. The number of amides is 1. The van der Waals surface area contributed by atoms with Gasteiger partial charge >= 0.3 is 5.69 Å². The highest BCUT2D eigenvalue weighted by molar-refractivity contribution is 6.31. The number of hydrogen-bond donors (Lipinski definition) is 2. The van der Waals surface area contributed by atoms with Crippen LogP contribution >= 0.6 is 11.6 Å². The molecule has 9 heteroatoms. The Kier molecular flexibility index (Phi) is 4.33. The summed E-state index contributed by atoms with van der Waals surface area (Å²) in [6.45, 7) is 0.710. The summed E-state index contributed by atoms with van der Waals surface area (Å²) in [6, 6.07) is 9.66. The summed E-state index contributed by atoms with van der Waals surface area (Å²) in [5, 5.41) is 15.4. The lowest BCUT2D eigenvalue weighted by atomic mass is 10.2. The molecule has 0 radical (unpaired) electrons. The number of carbonyl (C=O) groups is 1. The normalized spacial score (nSPS) is 13.2. The Morgan fingerprint density at radius 3 is 2.81 bits per heavy atom. The van der Waals surface area contributed by atoms with Gasteiger partial charge in [-0.15, -0.1) is 0 Å². The summed E-state index contributed by atoms with van der Waals surface area (Å²) in [5.74, 6) is -0.123. The van der Waals surface area contributed by atoms with Crippen molar-refractivity contribution in [3.05, 3.63) is 57.2 Å². The van der Waals surface area contributed by atoms with Gasteiger partial charge in [0.15, 0.2) is 5.75 Å². The number of halogens is 1. The van der Waals surface area contributed by atoms with Gasteiger partial charge in [-0.1, -0.05) is 11.6 Å². The van der Waals surface area contributed by atoms with Crippen molar-refractivity contribution >= 4 is 39.8 Å². The van der Waals surface area contributed by atoms with Gasteiger partial charge in [0.1, 0.15) is 5.69 Å². The van der Waals surface area contributed by atoms with Gasteiger partial charge < -0.3 is 19.8 Å². The maximum absolute atomic E-state index is 12.6. The van der Waals surface area contributed by atoms with Gasteiger partial charge in [-0.2, -0.15) is 0 Å². The van der Waals surface area contributed by atoms with E-state index in [9.17, 15) is 14.9 Å². The second-order valence-corrected chi connectivity index (χ2v) is 6.44. The van der Waals surface area contributed by atoms with Crippen LogP contribution in [0.5, 0.6) is 11.5 Å². The second-order valence-electron chi connectivity index (χ2n) is 6.00. The van der Waals surface area contributed by atoms with Crippen molar-refractivity contribution in [2.75, 3.05) is 18.5 Å². The molecule has 0 aliphatic carbocycles. The van der Waals surface area contributed by atoms with Gasteiger partial charge in [0.2, 0.25) is 5.75 Å². The van der Waals surface area contributed by atoms with Crippen LogP contribution in [0.4, 0.5) is 11.4 Å². The molecule has 0 unspecified atom stereocenters. The number of benzene rings is 2. The van der Waals surface area contributed by atoms with Gasteiger partial charge in [0.05, 0.1) is 23.8 Å². The number of anilines is 1. The Hall–Kier alpha value is -3.26. The molecule has 2 heterocycles. The van der Waals surface area contributed by atoms with Crippen molar-refractivity contribution in [2.45, 2.75) is 6.42 Å². The molecule has 1 aliphatic heterocycles. The molecule has 2 aromatic carbocycles. The first-order valence-corrected chi connectivity index (χ1v) is 8.57. The average molecular weight is 388 g/mol. The fourth-order valence-electron chi connectivity index (χ4n) is 2.89. The van der Waals surface area contributed by atoms with Crippen molar-refractivity contribution in [2.24, 2.45) is 0 Å². The maximum Gasteiger partial charge on any atom is 0.316 e. The summed E-state index contributed by atoms with van der Waals surface area (Å²) in [7, 11) is 0. The van der Waals surface area contributed by atoms with E-state index in [-0.39, 0.29) is 22.9 Å². The van der Waals surface area contributed by atoms with E-state index in [1.165, 1.54) is 12.1 Å². The first-order valence-electron chi connectivity index (χ1n) is 8.19. The van der Waals surface area contributed by atoms with E-state index in [0.29, 0.717) is 30.4 Å². The van der Waals surface area contributed by atoms with Gasteiger partial charge in [-0.3, -0.25) is 14.9 Å². The molecule has 27 heavy (non-hydrogen) atoms. The lowest BCUT2D eigenvalue weighted by Crippen LogP contribution is -2.12. The van der Waals surface area contributed by atoms with E-state index in [4.69, 9.17) is 21.1 Å². The van der Waals surface area contributed by atoms with Crippen molar-refractivity contribution < 1.29 is 19.2 Å². The fraction of sp³-hybridized carbons (Fsp3) is 0.167. The van der Waals surface area contributed by atoms with Crippen LogP contribution in [0.25, 0.3) is 10.9 Å². The third-order valence-corrected chi connectivity index (χ3v) is 4.34. The molecule has 138 valence electrons. The predicted octanol–water partition coefficient (Wildman–Crippen LogP) is 4.14. The van der Waals surface area contributed by atoms with Crippen molar-refractivity contribution in [3.8, 4) is 11.5 Å². The Morgan fingerprint density at radius 1 is 1.19 bits per heavy atom. The molecule has 0 saturated carbocycles. The minimum Gasteiger partial charge on any atom is -0.489 e. The molecule has 1 amide bonds. The van der Waals surface area contributed by atoms with Gasteiger partial charge in [-0.25, -0.2) is 0 Å². The van der Waals surface area contributed by atoms with E-state index >= 15 is 0 Å². The molecule has 8 nitrogen and oxygen atoms in total. The molecule has 1 aliphatic rings. The Labute approximate surface area is 158 Å². The first kappa shape index (κ1) is 17.2. The van der Waals surface area contributed by atoms with Gasteiger partial charge in [0, 0.05) is 34.5 Å². The number of aromatic amines is 1. The Bertz CT molecular complexity index is 1060. The average Bonchev–Trinajstić information content (AvgIpc) is 2.91. The number of carbonyl (C=O) groups excluding carboxylic acids is 1. The third kappa shape index (κ3) is 3.39. The summed E-state index contributed by atoms with van der Waals surface area (Å²) < 4.78 is 11.0. The standard InChI is InChI=1S/C18H14ClN3O5/c19-11-2-3-13-10(6-11)7-14(21-13)18(23)20-12-8-15(22(24)25)17-16(9-12)26-4-1-5-27-17/h2-3,6-9,21H,1,4-5H2,(H,20,23). The lowest BCUT2D eigenvalue weighted by molar-refractivity contribution is -0.385. The number of H-pyrrole nitrogens is 1. The topological polar surface area (TPSA) is 106 Å². The number of aromatic nitrogens is 1. The van der Waals surface area contributed by atoms with E-state index < -0.39 is 10.8 Å². The molecule has 3 aromatic rings. The molecule has 0 bridgehead atoms. The molecular weight excluding hydrogens is 374 g/mol. The zero-order chi connectivity index (χ0) is 19.0. The number of hydrogen-bond acceptors (Lipinski definition) is 5.